The van der Waals surface area contributed by atoms with E-state index in [0.29, 0.717) is 44.3 Å². The molecule has 2 heterocycles. The van der Waals surface area contributed by atoms with Crippen LogP contribution in [0, 0.1) is 6.92 Å². The number of nitrogens with one attached hydrogen (secondary N) is 2. The lowest BCUT2D eigenvalue weighted by Crippen LogP contribution is -2.32. The van der Waals surface area contributed by atoms with Crippen molar-refractivity contribution in [2.75, 3.05) is 5.32 Å². The number of benzene rings is 3. The molecule has 0 radical (unpaired) electrons. The molecule has 6 nitrogen and oxygen atoms in total. The highest BCUT2D eigenvalue weighted by atomic mass is 35.5. The lowest BCUT2D eigenvalue weighted by Gasteiger charge is -2.08. The molecule has 5 aromatic rings. The predicted molar refractivity (Wildman–Crippen MR) is 152 cm³/mol. The minimum absolute atomic E-state index is 0.146. The van der Waals surface area contributed by atoms with Gasteiger partial charge in [-0.15, -0.1) is 0 Å². The van der Waals surface area contributed by atoms with Gasteiger partial charge in [0.05, 0.1) is 5.02 Å². The van der Waals surface area contributed by atoms with E-state index in [4.69, 9.17) is 44.3 Å². The van der Waals surface area contributed by atoms with Crippen molar-refractivity contribution in [3.63, 3.8) is 0 Å². The molecular weight excluding hydrogens is 529 g/mol. The Kier molecular flexibility index (Phi) is 7.10. The van der Waals surface area contributed by atoms with Gasteiger partial charge in [0.2, 0.25) is 11.8 Å². The quantitative estimate of drug-likeness (QED) is 0.172. The Morgan fingerprint density at radius 1 is 1.00 bits per heavy atom. The van der Waals surface area contributed by atoms with Gasteiger partial charge in [0, 0.05) is 27.9 Å². The zero-order valence-corrected chi connectivity index (χ0v) is 21.7. The van der Waals surface area contributed by atoms with E-state index in [9.17, 15) is 4.79 Å². The molecular formula is C28H19Cl2N3O3S. The Morgan fingerprint density at radius 2 is 1.86 bits per heavy atom. The first-order chi connectivity index (χ1) is 17.8. The van der Waals surface area contributed by atoms with Crippen molar-refractivity contribution >= 4 is 69.3 Å². The summed E-state index contributed by atoms with van der Waals surface area (Å²) in [4.78, 5) is 16.9. The minimum Gasteiger partial charge on any atom is -0.457 e. The topological polar surface area (TPSA) is 80.3 Å². The van der Waals surface area contributed by atoms with Crippen LogP contribution in [0.1, 0.15) is 11.3 Å². The number of oxazole rings is 1. The maximum Gasteiger partial charge on any atom is 0.250 e. The number of furan rings is 1. The van der Waals surface area contributed by atoms with Gasteiger partial charge in [-0.3, -0.25) is 10.1 Å². The number of nitrogens with zero attached hydrogens (tertiary/aromatic N) is 1. The molecule has 1 amide bonds. The maximum absolute atomic E-state index is 12.4. The number of carbonyl (C=O) groups is 1. The highest BCUT2D eigenvalue weighted by Crippen LogP contribution is 2.32. The number of amides is 1. The van der Waals surface area contributed by atoms with Gasteiger partial charge in [-0.05, 0) is 91.4 Å². The summed E-state index contributed by atoms with van der Waals surface area (Å²) in [6.45, 7) is 2.01. The molecule has 0 unspecified atom stereocenters. The average Bonchev–Trinajstić information content (AvgIpc) is 3.50. The Morgan fingerprint density at radius 3 is 2.70 bits per heavy atom. The van der Waals surface area contributed by atoms with Crippen LogP contribution in [0.3, 0.4) is 0 Å². The Balaban J connectivity index is 1.21. The molecule has 0 atom stereocenters. The van der Waals surface area contributed by atoms with E-state index >= 15 is 0 Å². The van der Waals surface area contributed by atoms with Crippen molar-refractivity contribution in [3.05, 3.63) is 100 Å². The number of anilines is 1. The van der Waals surface area contributed by atoms with Crippen molar-refractivity contribution in [1.29, 1.82) is 0 Å². The summed E-state index contributed by atoms with van der Waals surface area (Å²) in [6.07, 6.45) is 2.87. The number of hydrogen-bond donors (Lipinski definition) is 2. The fourth-order valence-electron chi connectivity index (χ4n) is 3.64. The lowest BCUT2D eigenvalue weighted by molar-refractivity contribution is -0.115. The number of halogens is 2. The molecule has 184 valence electrons. The summed E-state index contributed by atoms with van der Waals surface area (Å²) in [5.41, 5.74) is 4.78. The van der Waals surface area contributed by atoms with Gasteiger partial charge < -0.3 is 14.2 Å². The van der Waals surface area contributed by atoms with Crippen LogP contribution in [-0.2, 0) is 4.79 Å². The van der Waals surface area contributed by atoms with E-state index in [2.05, 4.69) is 15.6 Å². The molecule has 0 saturated carbocycles. The van der Waals surface area contributed by atoms with Gasteiger partial charge in [-0.25, -0.2) is 4.98 Å². The molecule has 9 heteroatoms. The van der Waals surface area contributed by atoms with E-state index in [1.807, 2.05) is 49.4 Å². The number of hydrogen-bond acceptors (Lipinski definition) is 5. The maximum atomic E-state index is 12.4. The van der Waals surface area contributed by atoms with Gasteiger partial charge in [-0.1, -0.05) is 35.3 Å². The zero-order chi connectivity index (χ0) is 25.9. The van der Waals surface area contributed by atoms with Gasteiger partial charge in [-0.2, -0.15) is 0 Å². The first-order valence-electron chi connectivity index (χ1n) is 11.2. The van der Waals surface area contributed by atoms with Gasteiger partial charge in [0.15, 0.2) is 10.7 Å². The number of aromatic nitrogens is 1. The second-order valence-electron chi connectivity index (χ2n) is 8.17. The molecule has 0 aliphatic rings. The minimum atomic E-state index is -0.412. The Bertz CT molecular complexity index is 1670. The fraction of sp³-hybridized carbons (Fsp3) is 0.0357. The molecule has 5 rings (SSSR count). The number of fused-ring (bicyclic) bond motifs is 1. The third-order valence-corrected chi connectivity index (χ3v) is 6.12. The molecule has 0 aliphatic heterocycles. The summed E-state index contributed by atoms with van der Waals surface area (Å²) in [6, 6.07) is 21.9. The second-order valence-corrected chi connectivity index (χ2v) is 9.43. The summed E-state index contributed by atoms with van der Waals surface area (Å²) in [5.74, 6) is 1.13. The van der Waals surface area contributed by atoms with E-state index in [0.717, 1.165) is 16.6 Å². The molecule has 0 aliphatic carbocycles. The third kappa shape index (κ3) is 5.91. The normalized spacial score (nSPS) is 11.2. The number of carbonyl (C=O) groups excluding carboxylic acids is 1. The third-order valence-electron chi connectivity index (χ3n) is 5.37. The molecule has 2 N–H and O–H groups in total. The summed E-state index contributed by atoms with van der Waals surface area (Å²) >= 11 is 17.5. The van der Waals surface area contributed by atoms with E-state index < -0.39 is 5.91 Å². The highest BCUT2D eigenvalue weighted by Gasteiger charge is 2.11. The van der Waals surface area contributed by atoms with Crippen LogP contribution in [0.5, 0.6) is 0 Å². The van der Waals surface area contributed by atoms with Crippen LogP contribution < -0.4 is 10.6 Å². The summed E-state index contributed by atoms with van der Waals surface area (Å²) in [7, 11) is 0. The molecule has 3 aromatic carbocycles. The fourth-order valence-corrected chi connectivity index (χ4v) is 4.36. The number of aryl methyl sites for hydroxylation is 1. The largest absolute Gasteiger partial charge is 0.457 e. The smallest absolute Gasteiger partial charge is 0.250 e. The van der Waals surface area contributed by atoms with Crippen molar-refractivity contribution in [2.24, 2.45) is 0 Å². The van der Waals surface area contributed by atoms with Crippen LogP contribution >= 0.6 is 35.4 Å². The first kappa shape index (κ1) is 24.8. The molecule has 0 fully saturated rings. The average molecular weight is 548 g/mol. The highest BCUT2D eigenvalue weighted by molar-refractivity contribution is 7.80. The first-order valence-corrected chi connectivity index (χ1v) is 12.3. The number of thiocarbonyl (C=S) groups is 1. The van der Waals surface area contributed by atoms with E-state index in [-0.39, 0.29) is 5.11 Å². The zero-order valence-electron chi connectivity index (χ0n) is 19.4. The van der Waals surface area contributed by atoms with E-state index in [1.54, 1.807) is 36.4 Å². The molecule has 0 bridgehead atoms. The summed E-state index contributed by atoms with van der Waals surface area (Å²) in [5, 5.41) is 6.78. The van der Waals surface area contributed by atoms with E-state index in [1.165, 1.54) is 6.08 Å². The molecule has 37 heavy (non-hydrogen) atoms. The second kappa shape index (κ2) is 10.6. The summed E-state index contributed by atoms with van der Waals surface area (Å²) < 4.78 is 11.6. The van der Waals surface area contributed by atoms with Crippen molar-refractivity contribution in [1.82, 2.24) is 10.3 Å². The molecule has 0 saturated heterocycles. The van der Waals surface area contributed by atoms with Crippen molar-refractivity contribution < 1.29 is 13.6 Å². The van der Waals surface area contributed by atoms with Gasteiger partial charge in [0.1, 0.15) is 17.0 Å². The lowest BCUT2D eigenvalue weighted by atomic mass is 10.2. The Hall–Kier alpha value is -3.91. The van der Waals surface area contributed by atoms with Crippen molar-refractivity contribution in [2.45, 2.75) is 6.92 Å². The standard InChI is InChI=1S/C28H19Cl2N3O3S/c1-16-5-10-25-23(13-16)32-27(36-25)17-3-2-4-19(14-17)31-28(37)33-26(34)12-8-20-7-11-24(35-20)21-9-6-18(29)15-22(21)30/h2-15H,1H3,(H2,31,33,34,37)/b12-8+. The SMILES string of the molecule is Cc1ccc2oc(-c3cccc(NC(=S)NC(=O)/C=C/c4ccc(-c5ccc(Cl)cc5Cl)o4)c3)nc2c1. The van der Waals surface area contributed by atoms with Crippen LogP contribution in [0.15, 0.2) is 87.7 Å². The van der Waals surface area contributed by atoms with Crippen molar-refractivity contribution in [3.8, 4) is 22.8 Å². The van der Waals surface area contributed by atoms with Crippen LogP contribution in [0.2, 0.25) is 10.0 Å². The molecule has 2 aromatic heterocycles. The predicted octanol–water partition coefficient (Wildman–Crippen LogP) is 7.90. The Labute approximate surface area is 227 Å². The monoisotopic (exact) mass is 547 g/mol. The van der Waals surface area contributed by atoms with Gasteiger partial charge >= 0.3 is 0 Å². The molecule has 0 spiro atoms. The van der Waals surface area contributed by atoms with Crippen LogP contribution in [-0.4, -0.2) is 16.0 Å². The van der Waals surface area contributed by atoms with Crippen LogP contribution in [0.25, 0.3) is 40.0 Å². The van der Waals surface area contributed by atoms with Gasteiger partial charge in [0.25, 0.3) is 0 Å². The number of rotatable bonds is 5. The van der Waals surface area contributed by atoms with Crippen LogP contribution in [0.4, 0.5) is 5.69 Å².